The summed E-state index contributed by atoms with van der Waals surface area (Å²) in [6, 6.07) is 10.4. The van der Waals surface area contributed by atoms with Crippen molar-refractivity contribution in [1.82, 2.24) is 9.78 Å². The van der Waals surface area contributed by atoms with Gasteiger partial charge in [-0.1, -0.05) is 29.3 Å². The van der Waals surface area contributed by atoms with E-state index in [0.717, 1.165) is 5.56 Å². The maximum atomic E-state index is 13.2. The van der Waals surface area contributed by atoms with Crippen LogP contribution in [0.4, 0.5) is 9.18 Å². The second-order valence-electron chi connectivity index (χ2n) is 6.32. The Balaban J connectivity index is 1.88. The number of nitrogens with zero attached hydrogens (tertiary/aromatic N) is 2. The van der Waals surface area contributed by atoms with Gasteiger partial charge in [-0.2, -0.15) is 0 Å². The molecule has 0 aliphatic heterocycles. The molecule has 9 heteroatoms. The van der Waals surface area contributed by atoms with Crippen LogP contribution in [0.15, 0.2) is 42.5 Å². The van der Waals surface area contributed by atoms with Crippen LogP contribution in [-0.4, -0.2) is 21.0 Å². The standard InChI is InChI=1S/C20H17Cl2FN2O4/c1-11-7-19(29-20(26)27)24-25(11)12(2)16-8-14(21)4-6-18(16)28-10-13-3-5-15(23)9-17(13)22/h3-9,12H,10H2,1-2H3,(H,26,27). The Hall–Kier alpha value is -2.77. The molecule has 0 saturated carbocycles. The van der Waals surface area contributed by atoms with Crippen molar-refractivity contribution in [3.63, 3.8) is 0 Å². The van der Waals surface area contributed by atoms with Gasteiger partial charge < -0.3 is 14.6 Å². The molecule has 0 amide bonds. The highest BCUT2D eigenvalue weighted by Gasteiger charge is 2.19. The Morgan fingerprint density at radius 1 is 1.24 bits per heavy atom. The first kappa shape index (κ1) is 21.0. The maximum absolute atomic E-state index is 13.2. The molecule has 0 radical (unpaired) electrons. The highest BCUT2D eigenvalue weighted by molar-refractivity contribution is 6.31. The Bertz CT molecular complexity index is 1050. The molecule has 152 valence electrons. The Kier molecular flexibility index (Phi) is 6.30. The van der Waals surface area contributed by atoms with Gasteiger partial charge >= 0.3 is 6.16 Å². The first-order valence-corrected chi connectivity index (χ1v) is 9.33. The van der Waals surface area contributed by atoms with Crippen LogP contribution in [-0.2, 0) is 6.61 Å². The molecule has 2 aromatic carbocycles. The number of carboxylic acid groups (broad SMARTS) is 1. The van der Waals surface area contributed by atoms with E-state index in [2.05, 4.69) is 9.84 Å². The SMILES string of the molecule is Cc1cc(OC(=O)O)nn1C(C)c1cc(Cl)ccc1OCc1ccc(F)cc1Cl. The van der Waals surface area contributed by atoms with Gasteiger partial charge in [0.1, 0.15) is 18.2 Å². The predicted molar refractivity (Wildman–Crippen MR) is 107 cm³/mol. The van der Waals surface area contributed by atoms with Crippen molar-refractivity contribution in [2.75, 3.05) is 0 Å². The second-order valence-corrected chi connectivity index (χ2v) is 7.16. The molecule has 0 aliphatic carbocycles. The number of rotatable bonds is 6. The normalized spacial score (nSPS) is 11.9. The highest BCUT2D eigenvalue weighted by Crippen LogP contribution is 2.33. The van der Waals surface area contributed by atoms with E-state index >= 15 is 0 Å². The van der Waals surface area contributed by atoms with Crippen LogP contribution in [0.25, 0.3) is 0 Å². The van der Waals surface area contributed by atoms with Crippen LogP contribution >= 0.6 is 23.2 Å². The summed E-state index contributed by atoms with van der Waals surface area (Å²) >= 11 is 12.2. The third kappa shape index (κ3) is 4.99. The molecule has 3 aromatic rings. The van der Waals surface area contributed by atoms with Crippen molar-refractivity contribution in [3.8, 4) is 11.6 Å². The molecule has 0 aliphatic rings. The molecule has 1 unspecified atom stereocenters. The molecular weight excluding hydrogens is 422 g/mol. The molecule has 1 heterocycles. The molecule has 1 atom stereocenters. The van der Waals surface area contributed by atoms with Gasteiger partial charge in [0, 0.05) is 27.9 Å². The smallest absolute Gasteiger partial charge is 0.488 e. The second kappa shape index (κ2) is 8.71. The lowest BCUT2D eigenvalue weighted by Crippen LogP contribution is -2.12. The molecular formula is C20H17Cl2FN2O4. The van der Waals surface area contributed by atoms with E-state index in [0.29, 0.717) is 22.0 Å². The van der Waals surface area contributed by atoms with E-state index < -0.39 is 12.0 Å². The number of hydrogen-bond acceptors (Lipinski definition) is 4. The van der Waals surface area contributed by atoms with Gasteiger partial charge in [-0.3, -0.25) is 4.68 Å². The van der Waals surface area contributed by atoms with Crippen molar-refractivity contribution >= 4 is 29.4 Å². The molecule has 6 nitrogen and oxygen atoms in total. The minimum atomic E-state index is -1.44. The Morgan fingerprint density at radius 3 is 2.69 bits per heavy atom. The van der Waals surface area contributed by atoms with Gasteiger partial charge in [0.05, 0.1) is 11.1 Å². The molecule has 0 spiro atoms. The summed E-state index contributed by atoms with van der Waals surface area (Å²) in [7, 11) is 0. The van der Waals surface area contributed by atoms with E-state index in [9.17, 15) is 9.18 Å². The van der Waals surface area contributed by atoms with Gasteiger partial charge in [-0.25, -0.2) is 9.18 Å². The molecule has 0 saturated heterocycles. The van der Waals surface area contributed by atoms with Crippen LogP contribution in [0.3, 0.4) is 0 Å². The summed E-state index contributed by atoms with van der Waals surface area (Å²) in [6.45, 7) is 3.78. The molecule has 0 bridgehead atoms. The zero-order valence-corrected chi connectivity index (χ0v) is 17.0. The van der Waals surface area contributed by atoms with E-state index in [1.807, 2.05) is 6.92 Å². The first-order chi connectivity index (χ1) is 13.7. The van der Waals surface area contributed by atoms with E-state index in [1.54, 1.807) is 35.9 Å². The molecule has 29 heavy (non-hydrogen) atoms. The zero-order chi connectivity index (χ0) is 21.1. The van der Waals surface area contributed by atoms with Gasteiger partial charge in [-0.15, -0.1) is 5.10 Å². The van der Waals surface area contributed by atoms with Crippen LogP contribution in [0.2, 0.25) is 10.0 Å². The fraction of sp³-hybridized carbons (Fsp3) is 0.200. The summed E-state index contributed by atoms with van der Waals surface area (Å²) in [5, 5.41) is 13.7. The van der Waals surface area contributed by atoms with Crippen LogP contribution < -0.4 is 9.47 Å². The third-order valence-electron chi connectivity index (χ3n) is 4.28. The topological polar surface area (TPSA) is 73.6 Å². The summed E-state index contributed by atoms with van der Waals surface area (Å²) < 4.78 is 25.4. The fourth-order valence-corrected chi connectivity index (χ4v) is 3.30. The fourth-order valence-electron chi connectivity index (χ4n) is 2.89. The average molecular weight is 439 g/mol. The van der Waals surface area contributed by atoms with Gasteiger partial charge in [-0.05, 0) is 44.2 Å². The molecule has 3 rings (SSSR count). The lowest BCUT2D eigenvalue weighted by molar-refractivity contribution is 0.142. The number of ether oxygens (including phenoxy) is 2. The minimum absolute atomic E-state index is 0.0237. The quantitative estimate of drug-likeness (QED) is 0.486. The van der Waals surface area contributed by atoms with Crippen molar-refractivity contribution in [2.24, 2.45) is 0 Å². The number of halogens is 3. The molecule has 0 fully saturated rings. The summed E-state index contributed by atoms with van der Waals surface area (Å²) in [4.78, 5) is 10.8. The first-order valence-electron chi connectivity index (χ1n) is 8.57. The van der Waals surface area contributed by atoms with Gasteiger partial charge in [0.15, 0.2) is 0 Å². The minimum Gasteiger partial charge on any atom is -0.488 e. The molecule has 1 aromatic heterocycles. The summed E-state index contributed by atoms with van der Waals surface area (Å²) in [6.07, 6.45) is -1.44. The van der Waals surface area contributed by atoms with E-state index in [4.69, 9.17) is 33.0 Å². The summed E-state index contributed by atoms with van der Waals surface area (Å²) in [5.74, 6) is 0.0930. The lowest BCUT2D eigenvalue weighted by Gasteiger charge is -2.19. The monoisotopic (exact) mass is 438 g/mol. The van der Waals surface area contributed by atoms with Crippen LogP contribution in [0, 0.1) is 12.7 Å². The number of hydrogen-bond donors (Lipinski definition) is 1. The van der Waals surface area contributed by atoms with Crippen molar-refractivity contribution in [3.05, 3.63) is 75.1 Å². The predicted octanol–water partition coefficient (Wildman–Crippen LogP) is 5.88. The van der Waals surface area contributed by atoms with Gasteiger partial charge in [0.25, 0.3) is 0 Å². The maximum Gasteiger partial charge on any atom is 0.512 e. The summed E-state index contributed by atoms with van der Waals surface area (Å²) in [5.41, 5.74) is 2.05. The van der Waals surface area contributed by atoms with Crippen LogP contribution in [0.1, 0.15) is 29.8 Å². The van der Waals surface area contributed by atoms with E-state index in [1.165, 1.54) is 18.2 Å². The number of benzene rings is 2. The Morgan fingerprint density at radius 2 is 2.00 bits per heavy atom. The zero-order valence-electron chi connectivity index (χ0n) is 15.5. The molecule has 1 N–H and O–H groups in total. The largest absolute Gasteiger partial charge is 0.512 e. The Labute approximate surface area is 176 Å². The van der Waals surface area contributed by atoms with Crippen molar-refractivity contribution in [1.29, 1.82) is 0 Å². The number of aromatic nitrogens is 2. The van der Waals surface area contributed by atoms with E-state index in [-0.39, 0.29) is 23.6 Å². The third-order valence-corrected chi connectivity index (χ3v) is 4.87. The van der Waals surface area contributed by atoms with Gasteiger partial charge in [0.2, 0.25) is 5.88 Å². The highest BCUT2D eigenvalue weighted by atomic mass is 35.5. The van der Waals surface area contributed by atoms with Crippen molar-refractivity contribution in [2.45, 2.75) is 26.5 Å². The number of aryl methyl sites for hydroxylation is 1. The lowest BCUT2D eigenvalue weighted by atomic mass is 10.1. The average Bonchev–Trinajstić information content (AvgIpc) is 3.00. The van der Waals surface area contributed by atoms with Crippen LogP contribution in [0.5, 0.6) is 11.6 Å². The number of carbonyl (C=O) groups is 1. The van der Waals surface area contributed by atoms with Crippen molar-refractivity contribution < 1.29 is 23.8 Å².